The van der Waals surface area contributed by atoms with Gasteiger partial charge in [-0.2, -0.15) is 4.68 Å². The second-order valence-electron chi connectivity index (χ2n) is 13.2. The molecule has 13 heteroatoms. The fourth-order valence-corrected chi connectivity index (χ4v) is 8.71. The molecule has 0 saturated carbocycles. The molecular weight excluding hydrogens is 728 g/mol. The number of para-hydroxylation sites is 1. The topological polar surface area (TPSA) is 124 Å². The molecule has 0 radical (unpaired) electrons. The standard InChI is InChI=1S/C34H44Br2N8O3/c1-40-17-12-24(13-18-40)25-14-19-41(20-15-25)31(45)28(22-35)43(27-10-6-3-7-11-27)33(47)42-21-16-34(37,29(36)23-42)44-32(46)38-30(39-44)26-8-4-2-5-9-26/h2-11,24-25,28-29H,12-23,37H2,1H3,(H,38,39,46)/t28-,29?,34?/m0/s1. The van der Waals surface area contributed by atoms with Crippen LogP contribution in [0.2, 0.25) is 0 Å². The van der Waals surface area contributed by atoms with E-state index in [0.29, 0.717) is 35.8 Å². The summed E-state index contributed by atoms with van der Waals surface area (Å²) in [5.74, 6) is 1.76. The third-order valence-corrected chi connectivity index (χ3v) is 12.0. The van der Waals surface area contributed by atoms with E-state index in [0.717, 1.165) is 37.4 Å². The minimum absolute atomic E-state index is 0.0435. The number of aromatic nitrogens is 3. The molecule has 2 aromatic carbocycles. The van der Waals surface area contributed by atoms with Gasteiger partial charge in [0.05, 0.1) is 4.83 Å². The van der Waals surface area contributed by atoms with Gasteiger partial charge in [0.25, 0.3) is 0 Å². The summed E-state index contributed by atoms with van der Waals surface area (Å²) in [7, 11) is 2.19. The number of benzene rings is 2. The van der Waals surface area contributed by atoms with Crippen LogP contribution in [-0.4, -0.2) is 104 Å². The summed E-state index contributed by atoms with van der Waals surface area (Å²) >= 11 is 7.31. The van der Waals surface area contributed by atoms with Crippen molar-refractivity contribution in [2.45, 2.75) is 48.6 Å². The molecule has 1 aromatic heterocycles. The number of alkyl halides is 2. The highest BCUT2D eigenvalue weighted by Gasteiger charge is 2.46. The van der Waals surface area contributed by atoms with Crippen LogP contribution in [0.15, 0.2) is 65.5 Å². The highest BCUT2D eigenvalue weighted by Crippen LogP contribution is 2.34. The Kier molecular flexibility index (Phi) is 10.5. The van der Waals surface area contributed by atoms with E-state index >= 15 is 0 Å². The zero-order valence-electron chi connectivity index (χ0n) is 26.8. The molecule has 0 spiro atoms. The molecule has 4 heterocycles. The number of hydrogen-bond donors (Lipinski definition) is 2. The van der Waals surface area contributed by atoms with Crippen molar-refractivity contribution < 1.29 is 9.59 Å². The maximum atomic E-state index is 14.4. The van der Waals surface area contributed by atoms with Crippen molar-refractivity contribution in [3.63, 3.8) is 0 Å². The van der Waals surface area contributed by atoms with E-state index in [-0.39, 0.29) is 31.4 Å². The molecule has 3 fully saturated rings. The summed E-state index contributed by atoms with van der Waals surface area (Å²) in [6.07, 6.45) is 4.75. The Morgan fingerprint density at radius 1 is 0.957 bits per heavy atom. The number of H-pyrrole nitrogens is 1. The first kappa shape index (κ1) is 33.9. The number of carbonyl (C=O) groups excluding carboxylic acids is 2. The largest absolute Gasteiger partial charge is 0.345 e. The molecule has 3 atom stereocenters. The van der Waals surface area contributed by atoms with E-state index < -0.39 is 22.2 Å². The van der Waals surface area contributed by atoms with E-state index in [4.69, 9.17) is 5.73 Å². The van der Waals surface area contributed by atoms with Crippen LogP contribution in [0.4, 0.5) is 10.5 Å². The number of nitrogens with zero attached hydrogens (tertiary/aromatic N) is 6. The number of urea groups is 1. The van der Waals surface area contributed by atoms with Crippen molar-refractivity contribution in [2.24, 2.45) is 17.6 Å². The fourth-order valence-electron chi connectivity index (χ4n) is 7.37. The summed E-state index contributed by atoms with van der Waals surface area (Å²) in [6.45, 7) is 4.22. The van der Waals surface area contributed by atoms with E-state index in [9.17, 15) is 14.4 Å². The number of halogens is 2. The van der Waals surface area contributed by atoms with Crippen molar-refractivity contribution in [1.82, 2.24) is 29.5 Å². The van der Waals surface area contributed by atoms with Gasteiger partial charge in [-0.05, 0) is 69.8 Å². The number of aromatic amines is 1. The SMILES string of the molecule is CN1CCC(C2CCN(C(=O)[C@H](CBr)N(C(=O)N3CCC(N)(n4nc(-c5ccccc5)[nH]c4=O)C(Br)C3)c3ccccc3)CC2)CC1. The van der Waals surface area contributed by atoms with E-state index in [1.165, 1.54) is 17.5 Å². The predicted molar refractivity (Wildman–Crippen MR) is 191 cm³/mol. The molecule has 3 amide bonds. The molecule has 0 aliphatic carbocycles. The summed E-state index contributed by atoms with van der Waals surface area (Å²) in [5.41, 5.74) is 6.73. The minimum atomic E-state index is -1.17. The first-order valence-corrected chi connectivity index (χ1v) is 18.6. The van der Waals surface area contributed by atoms with Gasteiger partial charge in [-0.1, -0.05) is 80.4 Å². The zero-order valence-corrected chi connectivity index (χ0v) is 30.0. The van der Waals surface area contributed by atoms with E-state index in [1.807, 2.05) is 65.6 Å². The second kappa shape index (κ2) is 14.6. The van der Waals surface area contributed by atoms with Crippen LogP contribution in [0.5, 0.6) is 0 Å². The average Bonchev–Trinajstić information content (AvgIpc) is 3.51. The molecular formula is C34H44Br2N8O3. The average molecular weight is 773 g/mol. The number of amides is 3. The molecule has 3 aromatic rings. The van der Waals surface area contributed by atoms with E-state index in [2.05, 4.69) is 53.9 Å². The Bertz CT molecular complexity index is 1570. The van der Waals surface area contributed by atoms with Crippen LogP contribution in [0.3, 0.4) is 0 Å². The van der Waals surface area contributed by atoms with Gasteiger partial charge in [-0.25, -0.2) is 9.59 Å². The lowest BCUT2D eigenvalue weighted by atomic mass is 9.79. The van der Waals surface area contributed by atoms with Crippen molar-refractivity contribution in [3.05, 3.63) is 71.1 Å². The van der Waals surface area contributed by atoms with Crippen LogP contribution in [0.1, 0.15) is 32.1 Å². The van der Waals surface area contributed by atoms with Crippen LogP contribution in [0.25, 0.3) is 11.4 Å². The van der Waals surface area contributed by atoms with Crippen LogP contribution < -0.4 is 16.3 Å². The summed E-state index contributed by atoms with van der Waals surface area (Å²) in [6, 6.07) is 17.8. The number of piperidine rings is 3. The smallest absolute Gasteiger partial charge is 0.341 e. The summed E-state index contributed by atoms with van der Waals surface area (Å²) in [4.78, 5) is 51.7. The number of nitrogens with one attached hydrogen (secondary N) is 1. The highest BCUT2D eigenvalue weighted by atomic mass is 79.9. The molecule has 0 bridgehead atoms. The van der Waals surface area contributed by atoms with Gasteiger partial charge in [0.2, 0.25) is 5.91 Å². The van der Waals surface area contributed by atoms with Gasteiger partial charge in [0.15, 0.2) is 5.82 Å². The third-order valence-electron chi connectivity index (χ3n) is 10.3. The molecule has 6 rings (SSSR count). The Morgan fingerprint density at radius 3 is 2.15 bits per heavy atom. The van der Waals surface area contributed by atoms with Gasteiger partial charge in [-0.3, -0.25) is 14.7 Å². The van der Waals surface area contributed by atoms with Gasteiger partial charge >= 0.3 is 11.7 Å². The van der Waals surface area contributed by atoms with Crippen LogP contribution in [-0.2, 0) is 10.5 Å². The number of anilines is 1. The van der Waals surface area contributed by atoms with Gasteiger partial charge in [-0.15, -0.1) is 5.10 Å². The minimum Gasteiger partial charge on any atom is -0.341 e. The monoisotopic (exact) mass is 770 g/mol. The van der Waals surface area contributed by atoms with Gasteiger partial charge < -0.3 is 20.4 Å². The first-order chi connectivity index (χ1) is 22.7. The first-order valence-electron chi connectivity index (χ1n) is 16.5. The molecule has 2 unspecified atom stereocenters. The normalized spacial score (nSPS) is 23.9. The number of hydrogen-bond acceptors (Lipinski definition) is 6. The quantitative estimate of drug-likeness (QED) is 0.346. The molecule has 3 aliphatic rings. The Labute approximate surface area is 292 Å². The molecule has 11 nitrogen and oxygen atoms in total. The van der Waals surface area contributed by atoms with Crippen molar-refractivity contribution in [2.75, 3.05) is 56.5 Å². The third kappa shape index (κ3) is 7.09. The van der Waals surface area contributed by atoms with Crippen LogP contribution >= 0.6 is 31.9 Å². The predicted octanol–water partition coefficient (Wildman–Crippen LogP) is 4.29. The molecule has 47 heavy (non-hydrogen) atoms. The summed E-state index contributed by atoms with van der Waals surface area (Å²) < 4.78 is 1.30. The molecule has 3 saturated heterocycles. The molecule has 3 N–H and O–H groups in total. The Balaban J connectivity index is 1.17. The molecule has 252 valence electrons. The second-order valence-corrected chi connectivity index (χ2v) is 14.9. The number of carbonyl (C=O) groups is 2. The maximum Gasteiger partial charge on any atom is 0.345 e. The van der Waals surface area contributed by atoms with E-state index in [1.54, 1.807) is 9.80 Å². The maximum absolute atomic E-state index is 14.4. The van der Waals surface area contributed by atoms with Crippen molar-refractivity contribution >= 4 is 49.5 Å². The van der Waals surface area contributed by atoms with Gasteiger partial charge in [0, 0.05) is 49.2 Å². The van der Waals surface area contributed by atoms with Crippen molar-refractivity contribution in [3.8, 4) is 11.4 Å². The lowest BCUT2D eigenvalue weighted by Gasteiger charge is -2.45. The Morgan fingerprint density at radius 2 is 1.55 bits per heavy atom. The summed E-state index contributed by atoms with van der Waals surface area (Å²) in [5, 5.41) is 4.86. The number of nitrogens with two attached hydrogens (primary N) is 1. The lowest BCUT2D eigenvalue weighted by Crippen LogP contribution is -2.65. The number of rotatable bonds is 7. The fraction of sp³-hybridized carbons (Fsp3) is 0.529. The Hall–Kier alpha value is -3.00. The van der Waals surface area contributed by atoms with Crippen LogP contribution in [0, 0.1) is 11.8 Å². The van der Waals surface area contributed by atoms with Crippen molar-refractivity contribution in [1.29, 1.82) is 0 Å². The number of likely N-dealkylation sites (tertiary alicyclic amines) is 3. The van der Waals surface area contributed by atoms with Gasteiger partial charge in [0.1, 0.15) is 11.7 Å². The highest BCUT2D eigenvalue weighted by molar-refractivity contribution is 9.09. The zero-order chi connectivity index (χ0) is 33.1. The lowest BCUT2D eigenvalue weighted by molar-refractivity contribution is -0.133. The molecule has 3 aliphatic heterocycles.